The summed E-state index contributed by atoms with van der Waals surface area (Å²) in [5.41, 5.74) is 0.468. The highest BCUT2D eigenvalue weighted by atomic mass is 32.2. The molecule has 0 spiro atoms. The standard InChI is InChI=1S/C17H21N3O4S2/c1-3-24-16(23)11-5-4-7-19(9-11)13(21)10-20-15(22)14-12(6-8-26-14)18-17(20)25-2/h6,8,11H,3-5,7,9-10H2,1-2H3/t11-/m0/s1. The van der Waals surface area contributed by atoms with Crippen LogP contribution in [0.25, 0.3) is 10.2 Å². The lowest BCUT2D eigenvalue weighted by molar-refractivity contribution is -0.151. The van der Waals surface area contributed by atoms with Crippen LogP contribution in [0.4, 0.5) is 0 Å². The summed E-state index contributed by atoms with van der Waals surface area (Å²) < 4.78 is 7.06. The van der Waals surface area contributed by atoms with Gasteiger partial charge in [-0.25, -0.2) is 4.98 Å². The lowest BCUT2D eigenvalue weighted by atomic mass is 9.98. The molecule has 1 atom stereocenters. The van der Waals surface area contributed by atoms with E-state index in [0.29, 0.717) is 35.1 Å². The molecule has 2 aromatic rings. The number of carbonyl (C=O) groups excluding carboxylic acids is 2. The average Bonchev–Trinajstić information content (AvgIpc) is 3.13. The number of aromatic nitrogens is 2. The highest BCUT2D eigenvalue weighted by molar-refractivity contribution is 7.98. The van der Waals surface area contributed by atoms with Crippen LogP contribution in [0.1, 0.15) is 19.8 Å². The van der Waals surface area contributed by atoms with Crippen LogP contribution in [-0.2, 0) is 20.9 Å². The summed E-state index contributed by atoms with van der Waals surface area (Å²) in [7, 11) is 0. The molecular weight excluding hydrogens is 374 g/mol. The summed E-state index contributed by atoms with van der Waals surface area (Å²) >= 11 is 2.67. The Morgan fingerprint density at radius 3 is 3.00 bits per heavy atom. The first-order chi connectivity index (χ1) is 12.5. The van der Waals surface area contributed by atoms with Crippen molar-refractivity contribution in [2.24, 2.45) is 5.92 Å². The molecule has 0 N–H and O–H groups in total. The number of thioether (sulfide) groups is 1. The second-order valence-electron chi connectivity index (χ2n) is 6.06. The molecule has 3 heterocycles. The molecule has 0 aromatic carbocycles. The lowest BCUT2D eigenvalue weighted by Crippen LogP contribution is -2.45. The monoisotopic (exact) mass is 395 g/mol. The van der Waals surface area contributed by atoms with Gasteiger partial charge in [-0.15, -0.1) is 11.3 Å². The van der Waals surface area contributed by atoms with E-state index in [9.17, 15) is 14.4 Å². The van der Waals surface area contributed by atoms with Crippen LogP contribution in [0.5, 0.6) is 0 Å². The van der Waals surface area contributed by atoms with Crippen molar-refractivity contribution in [3.63, 3.8) is 0 Å². The summed E-state index contributed by atoms with van der Waals surface area (Å²) in [6.45, 7) is 2.98. The van der Waals surface area contributed by atoms with Gasteiger partial charge in [-0.05, 0) is 37.5 Å². The van der Waals surface area contributed by atoms with Crippen molar-refractivity contribution in [1.29, 1.82) is 0 Å². The van der Waals surface area contributed by atoms with Crippen molar-refractivity contribution in [3.8, 4) is 0 Å². The third kappa shape index (κ3) is 3.78. The van der Waals surface area contributed by atoms with E-state index in [4.69, 9.17) is 4.74 Å². The summed E-state index contributed by atoms with van der Waals surface area (Å²) in [6.07, 6.45) is 3.31. The van der Waals surface area contributed by atoms with Crippen LogP contribution in [0.2, 0.25) is 0 Å². The molecule has 0 radical (unpaired) electrons. The van der Waals surface area contributed by atoms with Crippen LogP contribution in [0.15, 0.2) is 21.4 Å². The van der Waals surface area contributed by atoms with Gasteiger partial charge in [0.05, 0.1) is 18.0 Å². The number of esters is 1. The van der Waals surface area contributed by atoms with Crippen molar-refractivity contribution < 1.29 is 14.3 Å². The molecule has 1 aliphatic heterocycles. The number of carbonyl (C=O) groups is 2. The number of ether oxygens (including phenoxy) is 1. The number of thiophene rings is 1. The number of piperidine rings is 1. The van der Waals surface area contributed by atoms with Gasteiger partial charge in [0, 0.05) is 13.1 Å². The summed E-state index contributed by atoms with van der Waals surface area (Å²) in [5.74, 6) is -0.718. The van der Waals surface area contributed by atoms with E-state index in [-0.39, 0.29) is 29.9 Å². The van der Waals surface area contributed by atoms with Gasteiger partial charge in [0.15, 0.2) is 5.16 Å². The molecule has 3 rings (SSSR count). The van der Waals surface area contributed by atoms with E-state index < -0.39 is 0 Å². The zero-order valence-corrected chi connectivity index (χ0v) is 16.4. The van der Waals surface area contributed by atoms with Crippen LogP contribution < -0.4 is 5.56 Å². The second-order valence-corrected chi connectivity index (χ2v) is 7.75. The van der Waals surface area contributed by atoms with Gasteiger partial charge < -0.3 is 9.64 Å². The second kappa shape index (κ2) is 8.22. The molecule has 140 valence electrons. The molecule has 0 bridgehead atoms. The minimum Gasteiger partial charge on any atom is -0.466 e. The predicted molar refractivity (Wildman–Crippen MR) is 102 cm³/mol. The fraction of sp³-hybridized carbons (Fsp3) is 0.529. The van der Waals surface area contributed by atoms with Gasteiger partial charge in [0.25, 0.3) is 5.56 Å². The molecule has 1 amide bonds. The number of hydrogen-bond donors (Lipinski definition) is 0. The van der Waals surface area contributed by atoms with Gasteiger partial charge >= 0.3 is 5.97 Å². The number of likely N-dealkylation sites (tertiary alicyclic amines) is 1. The van der Waals surface area contributed by atoms with Crippen LogP contribution in [-0.4, -0.2) is 52.3 Å². The van der Waals surface area contributed by atoms with Crippen molar-refractivity contribution in [2.45, 2.75) is 31.5 Å². The largest absolute Gasteiger partial charge is 0.466 e. The van der Waals surface area contributed by atoms with Gasteiger partial charge in [0.1, 0.15) is 11.2 Å². The van der Waals surface area contributed by atoms with E-state index >= 15 is 0 Å². The molecular formula is C17H21N3O4S2. The lowest BCUT2D eigenvalue weighted by Gasteiger charge is -2.31. The third-order valence-electron chi connectivity index (χ3n) is 4.40. The highest BCUT2D eigenvalue weighted by Gasteiger charge is 2.29. The summed E-state index contributed by atoms with van der Waals surface area (Å²) in [5, 5.41) is 2.34. The predicted octanol–water partition coefficient (Wildman–Crippen LogP) is 1.98. The molecule has 1 saturated heterocycles. The smallest absolute Gasteiger partial charge is 0.310 e. The number of rotatable bonds is 5. The van der Waals surface area contributed by atoms with Crippen LogP contribution in [0, 0.1) is 5.92 Å². The zero-order chi connectivity index (χ0) is 18.7. The fourth-order valence-electron chi connectivity index (χ4n) is 3.11. The Bertz CT molecular complexity index is 877. The van der Waals surface area contributed by atoms with E-state index in [0.717, 1.165) is 12.8 Å². The molecule has 2 aromatic heterocycles. The number of nitrogens with zero attached hydrogens (tertiary/aromatic N) is 3. The van der Waals surface area contributed by atoms with Gasteiger partial charge in [0.2, 0.25) is 5.91 Å². The van der Waals surface area contributed by atoms with E-state index in [1.165, 1.54) is 27.7 Å². The summed E-state index contributed by atoms with van der Waals surface area (Å²) in [6, 6.07) is 1.81. The van der Waals surface area contributed by atoms with E-state index in [1.54, 1.807) is 11.8 Å². The Hall–Kier alpha value is -1.87. The first-order valence-corrected chi connectivity index (χ1v) is 10.6. The Labute approximate surface area is 159 Å². The van der Waals surface area contributed by atoms with Crippen LogP contribution >= 0.6 is 23.1 Å². The highest BCUT2D eigenvalue weighted by Crippen LogP contribution is 2.21. The Morgan fingerprint density at radius 2 is 2.27 bits per heavy atom. The zero-order valence-electron chi connectivity index (χ0n) is 14.8. The minimum atomic E-state index is -0.290. The Balaban J connectivity index is 1.79. The fourth-order valence-corrected chi connectivity index (χ4v) is 4.45. The molecule has 1 aliphatic rings. The molecule has 7 nitrogen and oxygen atoms in total. The quantitative estimate of drug-likeness (QED) is 0.437. The van der Waals surface area contributed by atoms with Crippen molar-refractivity contribution in [3.05, 3.63) is 21.8 Å². The summed E-state index contributed by atoms with van der Waals surface area (Å²) in [4.78, 5) is 43.6. The molecule has 0 aliphatic carbocycles. The van der Waals surface area contributed by atoms with Gasteiger partial charge in [-0.3, -0.25) is 19.0 Å². The molecule has 26 heavy (non-hydrogen) atoms. The molecule has 9 heteroatoms. The Kier molecular flexibility index (Phi) is 5.98. The van der Waals surface area contributed by atoms with E-state index in [2.05, 4.69) is 4.98 Å². The minimum absolute atomic E-state index is 0.0641. The number of amides is 1. The van der Waals surface area contributed by atoms with Crippen molar-refractivity contribution in [1.82, 2.24) is 14.5 Å². The van der Waals surface area contributed by atoms with Crippen molar-refractivity contribution in [2.75, 3.05) is 26.0 Å². The maximum atomic E-state index is 12.8. The number of hydrogen-bond acceptors (Lipinski definition) is 7. The normalized spacial score (nSPS) is 17.5. The SMILES string of the molecule is CCOC(=O)[C@H]1CCCN(C(=O)Cn2c(SC)nc3ccsc3c2=O)C1. The molecule has 0 saturated carbocycles. The van der Waals surface area contributed by atoms with Gasteiger partial charge in [-0.2, -0.15) is 0 Å². The third-order valence-corrected chi connectivity index (χ3v) is 5.97. The van der Waals surface area contributed by atoms with E-state index in [1.807, 2.05) is 17.7 Å². The van der Waals surface area contributed by atoms with Crippen molar-refractivity contribution >= 4 is 45.2 Å². The number of fused-ring (bicyclic) bond motifs is 1. The Morgan fingerprint density at radius 1 is 1.46 bits per heavy atom. The van der Waals surface area contributed by atoms with Gasteiger partial charge in [-0.1, -0.05) is 11.8 Å². The maximum Gasteiger partial charge on any atom is 0.310 e. The molecule has 1 fully saturated rings. The first-order valence-electron chi connectivity index (χ1n) is 8.51. The topological polar surface area (TPSA) is 81.5 Å². The molecule has 0 unspecified atom stereocenters. The average molecular weight is 396 g/mol. The maximum absolute atomic E-state index is 12.8. The first kappa shape index (κ1) is 18.9. The van der Waals surface area contributed by atoms with Crippen LogP contribution in [0.3, 0.4) is 0 Å².